The molecule has 0 aromatic rings. The molecule has 0 N–H and O–H groups in total. The van der Waals surface area contributed by atoms with Crippen molar-refractivity contribution in [2.75, 3.05) is 0 Å². The van der Waals surface area contributed by atoms with Crippen LogP contribution in [0.1, 0.15) is 20.3 Å². The van der Waals surface area contributed by atoms with Gasteiger partial charge in [0.1, 0.15) is 0 Å². The average molecular weight is 163 g/mol. The van der Waals surface area contributed by atoms with Gasteiger partial charge in [-0.3, -0.25) is 4.99 Å². The molecular formula is C11H17N. The lowest BCUT2D eigenvalue weighted by Gasteiger charge is -2.07. The Morgan fingerprint density at radius 3 is 2.58 bits per heavy atom. The van der Waals surface area contributed by atoms with E-state index in [-0.39, 0.29) is 0 Å². The maximum absolute atomic E-state index is 3.98. The third-order valence-corrected chi connectivity index (χ3v) is 1.82. The van der Waals surface area contributed by atoms with Crippen molar-refractivity contribution in [2.24, 2.45) is 10.9 Å². The molecule has 0 aliphatic heterocycles. The van der Waals surface area contributed by atoms with Crippen LogP contribution in [0, 0.1) is 5.92 Å². The molecule has 0 aliphatic carbocycles. The predicted octanol–water partition coefficient (Wildman–Crippen LogP) is 3.36. The van der Waals surface area contributed by atoms with E-state index in [0.29, 0.717) is 5.92 Å². The minimum atomic E-state index is 0.534. The van der Waals surface area contributed by atoms with Gasteiger partial charge in [-0.1, -0.05) is 39.2 Å². The molecule has 0 bridgehead atoms. The molecule has 0 aliphatic rings. The maximum atomic E-state index is 3.98. The van der Waals surface area contributed by atoms with Crippen LogP contribution in [-0.4, -0.2) is 6.21 Å². The number of hydrogen-bond donors (Lipinski definition) is 0. The van der Waals surface area contributed by atoms with Gasteiger partial charge in [0.15, 0.2) is 0 Å². The Hall–Kier alpha value is -1.11. The fraction of sp³-hybridized carbons (Fsp3) is 0.364. The molecule has 0 saturated heterocycles. The molecule has 12 heavy (non-hydrogen) atoms. The third-order valence-electron chi connectivity index (χ3n) is 1.82. The van der Waals surface area contributed by atoms with Gasteiger partial charge in [-0.15, -0.1) is 0 Å². The van der Waals surface area contributed by atoms with Crippen molar-refractivity contribution in [3.63, 3.8) is 0 Å². The zero-order chi connectivity index (χ0) is 9.40. The minimum absolute atomic E-state index is 0.534. The molecule has 0 amide bonds. The van der Waals surface area contributed by atoms with Gasteiger partial charge >= 0.3 is 0 Å². The number of allylic oxidation sites excluding steroid dienone is 3. The van der Waals surface area contributed by atoms with Crippen molar-refractivity contribution in [1.82, 2.24) is 0 Å². The highest BCUT2D eigenvalue weighted by atomic mass is 14.7. The molecular weight excluding hydrogens is 146 g/mol. The van der Waals surface area contributed by atoms with Crippen LogP contribution in [-0.2, 0) is 0 Å². The standard InChI is InChI=1S/C11H17N/c1-5-8-11(9-12-7-3)10(4)6-2/h5,7-10H,1,3,6H2,2,4H3/b11-8+,12-9?. The van der Waals surface area contributed by atoms with E-state index < -0.39 is 0 Å². The van der Waals surface area contributed by atoms with E-state index in [4.69, 9.17) is 0 Å². The summed E-state index contributed by atoms with van der Waals surface area (Å²) in [5.41, 5.74) is 1.20. The van der Waals surface area contributed by atoms with Gasteiger partial charge in [-0.2, -0.15) is 0 Å². The normalized spacial score (nSPS) is 14.7. The first-order valence-corrected chi connectivity index (χ1v) is 4.22. The molecule has 1 heteroatoms. The van der Waals surface area contributed by atoms with Gasteiger partial charge in [0.25, 0.3) is 0 Å². The van der Waals surface area contributed by atoms with Crippen molar-refractivity contribution in [1.29, 1.82) is 0 Å². The van der Waals surface area contributed by atoms with Gasteiger partial charge in [0, 0.05) is 12.4 Å². The summed E-state index contributed by atoms with van der Waals surface area (Å²) in [6.07, 6.45) is 8.27. The Labute approximate surface area is 75.2 Å². The predicted molar refractivity (Wildman–Crippen MR) is 56.4 cm³/mol. The van der Waals surface area contributed by atoms with Crippen LogP contribution in [0.3, 0.4) is 0 Å². The van der Waals surface area contributed by atoms with Gasteiger partial charge in [-0.25, -0.2) is 0 Å². The molecule has 0 aromatic heterocycles. The summed E-state index contributed by atoms with van der Waals surface area (Å²) >= 11 is 0. The quantitative estimate of drug-likeness (QED) is 0.435. The Kier molecular flexibility index (Phi) is 5.98. The molecule has 0 fully saturated rings. The average Bonchev–Trinajstić information content (AvgIpc) is 2.11. The zero-order valence-electron chi connectivity index (χ0n) is 7.96. The Morgan fingerprint density at radius 2 is 2.17 bits per heavy atom. The van der Waals surface area contributed by atoms with Crippen LogP contribution < -0.4 is 0 Å². The van der Waals surface area contributed by atoms with Crippen molar-refractivity contribution in [2.45, 2.75) is 20.3 Å². The fourth-order valence-corrected chi connectivity index (χ4v) is 0.845. The van der Waals surface area contributed by atoms with Gasteiger partial charge < -0.3 is 0 Å². The monoisotopic (exact) mass is 163 g/mol. The van der Waals surface area contributed by atoms with Crippen molar-refractivity contribution in [3.05, 3.63) is 37.1 Å². The second kappa shape index (κ2) is 6.59. The SMILES string of the molecule is C=C/C=C(\C=NC=C)C(C)CC. The molecule has 66 valence electrons. The smallest absolute Gasteiger partial charge is 0.0302 e. The first kappa shape index (κ1) is 10.9. The van der Waals surface area contributed by atoms with E-state index in [2.05, 4.69) is 32.0 Å². The van der Waals surface area contributed by atoms with Crippen LogP contribution in [0.15, 0.2) is 42.1 Å². The maximum Gasteiger partial charge on any atom is 0.0302 e. The van der Waals surface area contributed by atoms with Gasteiger partial charge in [0.05, 0.1) is 0 Å². The summed E-state index contributed by atoms with van der Waals surface area (Å²) in [5, 5.41) is 0. The van der Waals surface area contributed by atoms with Crippen LogP contribution in [0.4, 0.5) is 0 Å². The minimum Gasteiger partial charge on any atom is -0.265 e. The van der Waals surface area contributed by atoms with E-state index in [1.807, 2.05) is 12.3 Å². The second-order valence-electron chi connectivity index (χ2n) is 2.67. The van der Waals surface area contributed by atoms with E-state index in [0.717, 1.165) is 6.42 Å². The van der Waals surface area contributed by atoms with Crippen molar-refractivity contribution in [3.8, 4) is 0 Å². The molecule has 0 spiro atoms. The number of aliphatic imine (C=N–C) groups is 1. The number of hydrogen-bond acceptors (Lipinski definition) is 1. The molecule has 1 atom stereocenters. The van der Waals surface area contributed by atoms with Gasteiger partial charge in [0.2, 0.25) is 0 Å². The molecule has 0 saturated carbocycles. The van der Waals surface area contributed by atoms with Crippen LogP contribution in [0.5, 0.6) is 0 Å². The van der Waals surface area contributed by atoms with E-state index in [1.165, 1.54) is 5.57 Å². The lowest BCUT2D eigenvalue weighted by atomic mass is 9.99. The molecule has 0 rings (SSSR count). The van der Waals surface area contributed by atoms with Gasteiger partial charge in [-0.05, 0) is 17.9 Å². The molecule has 1 unspecified atom stereocenters. The Morgan fingerprint density at radius 1 is 1.50 bits per heavy atom. The highest BCUT2D eigenvalue weighted by Gasteiger charge is 2.01. The second-order valence-corrected chi connectivity index (χ2v) is 2.67. The topological polar surface area (TPSA) is 12.4 Å². The lowest BCUT2D eigenvalue weighted by molar-refractivity contribution is 0.681. The summed E-state index contributed by atoms with van der Waals surface area (Å²) in [7, 11) is 0. The number of nitrogens with zero attached hydrogens (tertiary/aromatic N) is 1. The largest absolute Gasteiger partial charge is 0.265 e. The highest BCUT2D eigenvalue weighted by molar-refractivity contribution is 5.80. The van der Waals surface area contributed by atoms with Crippen molar-refractivity contribution < 1.29 is 0 Å². The first-order valence-electron chi connectivity index (χ1n) is 4.22. The van der Waals surface area contributed by atoms with E-state index in [1.54, 1.807) is 12.3 Å². The van der Waals surface area contributed by atoms with Crippen LogP contribution in [0.2, 0.25) is 0 Å². The first-order chi connectivity index (χ1) is 5.76. The summed E-state index contributed by atoms with van der Waals surface area (Å²) in [6.45, 7) is 11.5. The molecule has 0 radical (unpaired) electrons. The van der Waals surface area contributed by atoms with Crippen molar-refractivity contribution >= 4 is 6.21 Å². The number of rotatable bonds is 5. The molecule has 0 aromatic carbocycles. The summed E-state index contributed by atoms with van der Waals surface area (Å²) in [6, 6.07) is 0. The Balaban J connectivity index is 4.42. The zero-order valence-corrected chi connectivity index (χ0v) is 7.96. The molecule has 0 heterocycles. The summed E-state index contributed by atoms with van der Waals surface area (Å²) in [5.74, 6) is 0.534. The lowest BCUT2D eigenvalue weighted by Crippen LogP contribution is -1.98. The molecule has 1 nitrogen and oxygen atoms in total. The van der Waals surface area contributed by atoms with Crippen LogP contribution >= 0.6 is 0 Å². The van der Waals surface area contributed by atoms with E-state index >= 15 is 0 Å². The van der Waals surface area contributed by atoms with E-state index in [9.17, 15) is 0 Å². The van der Waals surface area contributed by atoms with Crippen LogP contribution in [0.25, 0.3) is 0 Å². The summed E-state index contributed by atoms with van der Waals surface area (Å²) < 4.78 is 0. The third kappa shape index (κ3) is 3.91. The fourth-order valence-electron chi connectivity index (χ4n) is 0.845. The highest BCUT2D eigenvalue weighted by Crippen LogP contribution is 2.12. The Bertz CT molecular complexity index is 199. The summed E-state index contributed by atoms with van der Waals surface area (Å²) in [4.78, 5) is 3.98.